The van der Waals surface area contributed by atoms with Gasteiger partial charge in [0.25, 0.3) is 0 Å². The van der Waals surface area contributed by atoms with Gasteiger partial charge in [-0.05, 0) is 6.07 Å². The molecule has 2 rings (SSSR count). The van der Waals surface area contributed by atoms with Crippen LogP contribution in [0.4, 0.5) is 0 Å². The van der Waals surface area contributed by atoms with Crippen LogP contribution < -0.4 is 14.2 Å². The van der Waals surface area contributed by atoms with E-state index >= 15 is 0 Å². The molecule has 0 atom stereocenters. The molecule has 0 aromatic heterocycles. The minimum Gasteiger partial charge on any atom is -0.493 e. The molecule has 6 heteroatoms. The maximum Gasteiger partial charge on any atom is 0.203 e. The summed E-state index contributed by atoms with van der Waals surface area (Å²) in [5, 5.41) is 0. The molecule has 1 aliphatic heterocycles. The predicted octanol–water partition coefficient (Wildman–Crippen LogP) is 1.16. The Bertz CT molecular complexity index is 486. The van der Waals surface area contributed by atoms with Gasteiger partial charge in [0.2, 0.25) is 5.75 Å². The molecule has 0 radical (unpaired) electrons. The summed E-state index contributed by atoms with van der Waals surface area (Å²) < 4.78 is 21.9. The molecule has 0 amide bonds. The third-order valence-electron chi connectivity index (χ3n) is 3.64. The number of hydrogen-bond donors (Lipinski definition) is 0. The van der Waals surface area contributed by atoms with E-state index in [1.165, 1.54) is 0 Å². The van der Waals surface area contributed by atoms with Crippen molar-refractivity contribution < 1.29 is 23.7 Å². The van der Waals surface area contributed by atoms with Gasteiger partial charge < -0.3 is 23.7 Å². The molecule has 6 nitrogen and oxygen atoms in total. The van der Waals surface area contributed by atoms with Crippen LogP contribution in [0.2, 0.25) is 0 Å². The van der Waals surface area contributed by atoms with E-state index in [0.29, 0.717) is 23.9 Å². The lowest BCUT2D eigenvalue weighted by molar-refractivity contribution is -0.107. The average Bonchev–Trinajstić information content (AvgIpc) is 2.56. The van der Waals surface area contributed by atoms with E-state index in [0.717, 1.165) is 44.7 Å². The Hall–Kier alpha value is -1.79. The normalized spacial score (nSPS) is 15.4. The Kier molecular flexibility index (Phi) is 6.48. The molecule has 1 fully saturated rings. The van der Waals surface area contributed by atoms with E-state index < -0.39 is 0 Å². The standard InChI is InChI=1S/C16H23NO5/c1-19-14-4-3-13(5-9-18)15(16(14)20-2)22-12-8-17-6-10-21-11-7-17/h3-4,9H,5-8,10-12H2,1-2H3. The third-order valence-corrected chi connectivity index (χ3v) is 3.64. The van der Waals surface area contributed by atoms with Gasteiger partial charge in [-0.1, -0.05) is 6.07 Å². The van der Waals surface area contributed by atoms with E-state index in [-0.39, 0.29) is 6.42 Å². The smallest absolute Gasteiger partial charge is 0.203 e. The Morgan fingerprint density at radius 1 is 1.18 bits per heavy atom. The number of rotatable bonds is 8. The van der Waals surface area contributed by atoms with Gasteiger partial charge >= 0.3 is 0 Å². The SMILES string of the molecule is COc1ccc(CC=O)c(OCCN2CCOCC2)c1OC. The highest BCUT2D eigenvalue weighted by Gasteiger charge is 2.17. The summed E-state index contributed by atoms with van der Waals surface area (Å²) in [6.07, 6.45) is 1.14. The number of carbonyl (C=O) groups is 1. The minimum absolute atomic E-state index is 0.285. The molecule has 1 aliphatic rings. The number of methoxy groups -OCH3 is 2. The van der Waals surface area contributed by atoms with Gasteiger partial charge in [-0.15, -0.1) is 0 Å². The quantitative estimate of drug-likeness (QED) is 0.672. The molecule has 0 N–H and O–H groups in total. The number of aldehydes is 1. The van der Waals surface area contributed by atoms with Crippen molar-refractivity contribution in [3.63, 3.8) is 0 Å². The molecule has 0 aliphatic carbocycles. The Balaban J connectivity index is 2.07. The van der Waals surface area contributed by atoms with Crippen molar-refractivity contribution in [3.8, 4) is 17.2 Å². The van der Waals surface area contributed by atoms with E-state index in [4.69, 9.17) is 18.9 Å². The molecule has 22 heavy (non-hydrogen) atoms. The molecule has 122 valence electrons. The second kappa shape index (κ2) is 8.60. The molecular formula is C16H23NO5. The Labute approximate surface area is 130 Å². The largest absolute Gasteiger partial charge is 0.493 e. The zero-order valence-electron chi connectivity index (χ0n) is 13.2. The first kappa shape index (κ1) is 16.6. The number of hydrogen-bond acceptors (Lipinski definition) is 6. The highest BCUT2D eigenvalue weighted by molar-refractivity contribution is 5.63. The van der Waals surface area contributed by atoms with Crippen molar-refractivity contribution in [2.24, 2.45) is 0 Å². The number of benzene rings is 1. The zero-order valence-corrected chi connectivity index (χ0v) is 13.2. The minimum atomic E-state index is 0.285. The lowest BCUT2D eigenvalue weighted by Gasteiger charge is -2.26. The number of nitrogens with zero attached hydrogens (tertiary/aromatic N) is 1. The van der Waals surface area contributed by atoms with Crippen molar-refractivity contribution in [1.82, 2.24) is 4.90 Å². The van der Waals surface area contributed by atoms with E-state index in [2.05, 4.69) is 4.90 Å². The monoisotopic (exact) mass is 309 g/mol. The fraction of sp³-hybridized carbons (Fsp3) is 0.562. The molecule has 1 aromatic carbocycles. The Morgan fingerprint density at radius 2 is 1.95 bits per heavy atom. The van der Waals surface area contributed by atoms with E-state index in [1.807, 2.05) is 6.07 Å². The van der Waals surface area contributed by atoms with Crippen molar-refractivity contribution in [1.29, 1.82) is 0 Å². The lowest BCUT2D eigenvalue weighted by Crippen LogP contribution is -2.38. The van der Waals surface area contributed by atoms with Crippen molar-refractivity contribution in [3.05, 3.63) is 17.7 Å². The first-order chi connectivity index (χ1) is 10.8. The summed E-state index contributed by atoms with van der Waals surface area (Å²) in [6.45, 7) is 4.69. The van der Waals surface area contributed by atoms with Crippen LogP contribution in [0.5, 0.6) is 17.2 Å². The molecule has 0 unspecified atom stereocenters. The van der Waals surface area contributed by atoms with E-state index in [1.54, 1.807) is 20.3 Å². The topological polar surface area (TPSA) is 57.2 Å². The first-order valence-corrected chi connectivity index (χ1v) is 7.40. The maximum absolute atomic E-state index is 10.9. The zero-order chi connectivity index (χ0) is 15.8. The molecule has 1 saturated heterocycles. The van der Waals surface area contributed by atoms with Gasteiger partial charge in [-0.3, -0.25) is 4.90 Å². The molecule has 1 heterocycles. The second-order valence-electron chi connectivity index (χ2n) is 4.96. The summed E-state index contributed by atoms with van der Waals surface area (Å²) in [6, 6.07) is 3.62. The molecule has 0 spiro atoms. The summed E-state index contributed by atoms with van der Waals surface area (Å²) in [5.74, 6) is 1.71. The summed E-state index contributed by atoms with van der Waals surface area (Å²) in [4.78, 5) is 13.1. The summed E-state index contributed by atoms with van der Waals surface area (Å²) in [5.41, 5.74) is 0.801. The van der Waals surface area contributed by atoms with Gasteiger partial charge in [-0.2, -0.15) is 0 Å². The van der Waals surface area contributed by atoms with Crippen LogP contribution in [0.1, 0.15) is 5.56 Å². The third kappa shape index (κ3) is 4.11. The summed E-state index contributed by atoms with van der Waals surface area (Å²) in [7, 11) is 3.14. The molecule has 0 saturated carbocycles. The van der Waals surface area contributed by atoms with E-state index in [9.17, 15) is 4.79 Å². The molecule has 1 aromatic rings. The number of morpholine rings is 1. The van der Waals surface area contributed by atoms with Crippen LogP contribution in [0.25, 0.3) is 0 Å². The van der Waals surface area contributed by atoms with Crippen LogP contribution in [0.15, 0.2) is 12.1 Å². The number of ether oxygens (including phenoxy) is 4. The molecular weight excluding hydrogens is 286 g/mol. The highest BCUT2D eigenvalue weighted by atomic mass is 16.5. The molecule has 0 bridgehead atoms. The second-order valence-corrected chi connectivity index (χ2v) is 4.96. The Morgan fingerprint density at radius 3 is 2.59 bits per heavy atom. The van der Waals surface area contributed by atoms with Gasteiger partial charge in [0.1, 0.15) is 12.9 Å². The fourth-order valence-corrected chi connectivity index (χ4v) is 2.45. The fourth-order valence-electron chi connectivity index (χ4n) is 2.45. The van der Waals surface area contributed by atoms with Crippen molar-refractivity contribution >= 4 is 6.29 Å². The van der Waals surface area contributed by atoms with Crippen molar-refractivity contribution in [2.75, 3.05) is 53.7 Å². The average molecular weight is 309 g/mol. The maximum atomic E-state index is 10.9. The van der Waals surface area contributed by atoms with Gasteiger partial charge in [-0.25, -0.2) is 0 Å². The summed E-state index contributed by atoms with van der Waals surface area (Å²) >= 11 is 0. The van der Waals surface area contributed by atoms with Crippen LogP contribution in [-0.4, -0.2) is 64.9 Å². The van der Waals surface area contributed by atoms with Crippen molar-refractivity contribution in [2.45, 2.75) is 6.42 Å². The van der Waals surface area contributed by atoms with Crippen LogP contribution in [0, 0.1) is 0 Å². The number of carbonyl (C=O) groups excluding carboxylic acids is 1. The van der Waals surface area contributed by atoms with Crippen LogP contribution in [-0.2, 0) is 16.0 Å². The predicted molar refractivity (Wildman–Crippen MR) is 82.1 cm³/mol. The van der Waals surface area contributed by atoms with Gasteiger partial charge in [0, 0.05) is 31.6 Å². The van der Waals surface area contributed by atoms with Crippen LogP contribution >= 0.6 is 0 Å². The van der Waals surface area contributed by atoms with Gasteiger partial charge in [0.15, 0.2) is 11.5 Å². The van der Waals surface area contributed by atoms with Gasteiger partial charge in [0.05, 0.1) is 27.4 Å². The van der Waals surface area contributed by atoms with Crippen LogP contribution in [0.3, 0.4) is 0 Å². The highest BCUT2D eigenvalue weighted by Crippen LogP contribution is 2.40. The lowest BCUT2D eigenvalue weighted by atomic mass is 10.1. The first-order valence-electron chi connectivity index (χ1n) is 7.40.